The van der Waals surface area contributed by atoms with Crippen LogP contribution in [0, 0.1) is 34.0 Å². The third-order valence-corrected chi connectivity index (χ3v) is 11.7. The molecule has 0 N–H and O–H groups in total. The first-order chi connectivity index (χ1) is 30.9. The maximum atomic E-state index is 15.0. The van der Waals surface area contributed by atoms with Crippen LogP contribution in [0.25, 0.3) is 88.4 Å². The number of rotatable bonds is 5. The van der Waals surface area contributed by atoms with Gasteiger partial charge in [-0.3, -0.25) is 0 Å². The average molecular weight is 848 g/mol. The average Bonchev–Trinajstić information content (AvgIpc) is 3.82. The topological polar surface area (TPSA) is 81.2 Å². The molecule has 0 spiro atoms. The summed E-state index contributed by atoms with van der Waals surface area (Å²) in [6.07, 6.45) is -10.4. The highest BCUT2D eigenvalue weighted by atomic mass is 19.4. The van der Waals surface area contributed by atoms with Gasteiger partial charge in [0.2, 0.25) is 0 Å². The summed E-state index contributed by atoms with van der Waals surface area (Å²) in [5.41, 5.74) is 1.84. The summed E-state index contributed by atoms with van der Waals surface area (Å²) >= 11 is 0. The van der Waals surface area contributed by atoms with Crippen LogP contribution >= 0.6 is 0 Å². The zero-order chi connectivity index (χ0) is 44.5. The van der Waals surface area contributed by atoms with Crippen LogP contribution in [-0.2, 0) is 12.4 Å². The van der Waals surface area contributed by atoms with E-state index in [4.69, 9.17) is 0 Å². The Labute approximate surface area is 360 Å². The first-order valence-corrected chi connectivity index (χ1v) is 19.8. The number of aromatic nitrogens is 2. The van der Waals surface area contributed by atoms with Gasteiger partial charge in [-0.1, -0.05) is 91.0 Å². The molecular formula is C53H27F6N5. The van der Waals surface area contributed by atoms with Crippen LogP contribution in [0.3, 0.4) is 0 Å². The Kier molecular flexibility index (Phi) is 9.14. The summed E-state index contributed by atoms with van der Waals surface area (Å²) in [6.45, 7) is 0. The summed E-state index contributed by atoms with van der Waals surface area (Å²) in [4.78, 5) is 0. The van der Waals surface area contributed by atoms with Gasteiger partial charge in [0.25, 0.3) is 0 Å². The zero-order valence-corrected chi connectivity index (χ0v) is 33.1. The van der Waals surface area contributed by atoms with E-state index in [1.165, 1.54) is 12.1 Å². The molecule has 11 heteroatoms. The van der Waals surface area contributed by atoms with Gasteiger partial charge in [-0.15, -0.1) is 0 Å². The van der Waals surface area contributed by atoms with E-state index in [0.29, 0.717) is 51.0 Å². The first-order valence-electron chi connectivity index (χ1n) is 19.8. The number of hydrogen-bond acceptors (Lipinski definition) is 3. The van der Waals surface area contributed by atoms with Crippen molar-refractivity contribution in [2.45, 2.75) is 12.4 Å². The highest BCUT2D eigenvalue weighted by molar-refractivity contribution is 6.13. The van der Waals surface area contributed by atoms with Crippen LogP contribution in [-0.4, -0.2) is 9.13 Å². The zero-order valence-electron chi connectivity index (χ0n) is 33.1. The van der Waals surface area contributed by atoms with E-state index in [9.17, 15) is 42.1 Å². The fourth-order valence-electron chi connectivity index (χ4n) is 8.84. The molecule has 0 aliphatic heterocycles. The number of fused-ring (bicyclic) bond motifs is 6. The van der Waals surface area contributed by atoms with Crippen LogP contribution in [0.2, 0.25) is 0 Å². The van der Waals surface area contributed by atoms with Crippen molar-refractivity contribution < 1.29 is 26.3 Å². The van der Waals surface area contributed by atoms with Gasteiger partial charge < -0.3 is 9.13 Å². The standard InChI is InChI=1S/C53H27F6N5/c54-52(55,56)43-8-5-9-44(53(57,58)59)51(43)42-27-50(64-46-11-4-2-7-39(46)41-23-21-36(25-48(41)64)34-18-14-32(29-61)15-19-34)49(26-37(42)30-62)63-45-10-3-1-6-38(45)40-22-20-35(24-47(40)63)33-16-12-31(28-60)13-17-33/h1-27H. The van der Waals surface area contributed by atoms with Crippen molar-refractivity contribution in [2.75, 3.05) is 0 Å². The Balaban J connectivity index is 1.38. The third-order valence-electron chi connectivity index (χ3n) is 11.7. The molecule has 0 aliphatic carbocycles. The van der Waals surface area contributed by atoms with Crippen molar-refractivity contribution in [1.82, 2.24) is 9.13 Å². The lowest BCUT2D eigenvalue weighted by Crippen LogP contribution is -2.15. The molecule has 0 unspecified atom stereocenters. The lowest BCUT2D eigenvalue weighted by molar-refractivity contribution is -0.142. The highest BCUT2D eigenvalue weighted by Gasteiger charge is 2.42. The molecule has 0 aliphatic rings. The monoisotopic (exact) mass is 847 g/mol. The molecule has 0 bridgehead atoms. The Morgan fingerprint density at radius 1 is 0.375 bits per heavy atom. The van der Waals surface area contributed by atoms with E-state index in [1.807, 2.05) is 106 Å². The van der Waals surface area contributed by atoms with E-state index >= 15 is 0 Å². The Morgan fingerprint density at radius 3 is 1.20 bits per heavy atom. The van der Waals surface area contributed by atoms with Crippen molar-refractivity contribution >= 4 is 43.6 Å². The number of nitriles is 3. The van der Waals surface area contributed by atoms with Gasteiger partial charge >= 0.3 is 12.4 Å². The van der Waals surface area contributed by atoms with Crippen molar-refractivity contribution in [3.63, 3.8) is 0 Å². The maximum Gasteiger partial charge on any atom is 0.417 e. The summed E-state index contributed by atoms with van der Waals surface area (Å²) < 4.78 is 93.5. The van der Waals surface area contributed by atoms with Gasteiger partial charge in [0, 0.05) is 32.7 Å². The quantitative estimate of drug-likeness (QED) is 0.162. The van der Waals surface area contributed by atoms with E-state index in [2.05, 4.69) is 12.1 Å². The summed E-state index contributed by atoms with van der Waals surface area (Å²) in [5, 5.41) is 32.9. The molecular weight excluding hydrogens is 821 g/mol. The Hall–Kier alpha value is -8.59. The van der Waals surface area contributed by atoms with Crippen LogP contribution < -0.4 is 0 Å². The summed E-state index contributed by atoms with van der Waals surface area (Å²) in [5.74, 6) is 0. The predicted molar refractivity (Wildman–Crippen MR) is 236 cm³/mol. The van der Waals surface area contributed by atoms with E-state index in [-0.39, 0.29) is 5.69 Å². The second-order valence-corrected chi connectivity index (χ2v) is 15.3. The summed E-state index contributed by atoms with van der Waals surface area (Å²) in [6, 6.07) is 51.2. The minimum Gasteiger partial charge on any atom is -0.307 e. The van der Waals surface area contributed by atoms with Gasteiger partial charge in [-0.05, 0) is 95.1 Å². The SMILES string of the molecule is N#Cc1ccc(-c2ccc3c4ccccc4n(-c4cc(C#N)c(-c5c(C(F)(F)F)cccc5C(F)(F)F)cc4-n4c5ccccc5c5ccc(-c6ccc(C#N)cc6)cc54)c3c2)cc1. The molecule has 2 aromatic heterocycles. The van der Waals surface area contributed by atoms with Crippen LogP contribution in [0.15, 0.2) is 164 Å². The normalized spacial score (nSPS) is 11.9. The minimum atomic E-state index is -5.22. The fraction of sp³-hybridized carbons (Fsp3) is 0.0377. The molecule has 64 heavy (non-hydrogen) atoms. The van der Waals surface area contributed by atoms with E-state index in [0.717, 1.165) is 49.9 Å². The number of alkyl halides is 6. The lowest BCUT2D eigenvalue weighted by Gasteiger charge is -2.23. The molecule has 0 atom stereocenters. The molecule has 10 aromatic rings. The molecule has 8 aromatic carbocycles. The van der Waals surface area contributed by atoms with Gasteiger partial charge in [-0.2, -0.15) is 42.1 Å². The van der Waals surface area contributed by atoms with Gasteiger partial charge in [-0.25, -0.2) is 0 Å². The fourth-order valence-corrected chi connectivity index (χ4v) is 8.84. The Bertz CT molecular complexity index is 3630. The van der Waals surface area contributed by atoms with Gasteiger partial charge in [0.15, 0.2) is 0 Å². The molecule has 0 radical (unpaired) electrons. The predicted octanol–water partition coefficient (Wildman–Crippen LogP) is 14.5. The first kappa shape index (κ1) is 39.5. The van der Waals surface area contributed by atoms with Crippen molar-refractivity contribution in [1.29, 1.82) is 15.8 Å². The largest absolute Gasteiger partial charge is 0.417 e. The van der Waals surface area contributed by atoms with Crippen molar-refractivity contribution in [2.24, 2.45) is 0 Å². The number of nitrogens with zero attached hydrogens (tertiary/aromatic N) is 5. The second kappa shape index (κ2) is 14.8. The molecule has 0 saturated heterocycles. The molecule has 306 valence electrons. The molecule has 0 saturated carbocycles. The van der Waals surface area contributed by atoms with Gasteiger partial charge in [0.1, 0.15) is 0 Å². The van der Waals surface area contributed by atoms with Crippen LogP contribution in [0.4, 0.5) is 26.3 Å². The minimum absolute atomic E-state index is 0.203. The van der Waals surface area contributed by atoms with Crippen molar-refractivity contribution in [3.8, 4) is 63.0 Å². The van der Waals surface area contributed by atoms with Crippen molar-refractivity contribution in [3.05, 3.63) is 192 Å². The number of halogens is 6. The number of hydrogen-bond donors (Lipinski definition) is 0. The summed E-state index contributed by atoms with van der Waals surface area (Å²) in [7, 11) is 0. The molecule has 0 fully saturated rings. The third kappa shape index (κ3) is 6.40. The van der Waals surface area contributed by atoms with Crippen LogP contribution in [0.5, 0.6) is 0 Å². The van der Waals surface area contributed by atoms with E-state index in [1.54, 1.807) is 42.5 Å². The lowest BCUT2D eigenvalue weighted by atomic mass is 9.89. The smallest absolute Gasteiger partial charge is 0.307 e. The molecule has 10 rings (SSSR count). The van der Waals surface area contributed by atoms with Crippen LogP contribution in [0.1, 0.15) is 27.8 Å². The molecule has 0 amide bonds. The maximum absolute atomic E-state index is 15.0. The Morgan fingerprint density at radius 2 is 0.781 bits per heavy atom. The number of benzene rings is 8. The number of para-hydroxylation sites is 2. The molecule has 5 nitrogen and oxygen atoms in total. The molecule has 2 heterocycles. The van der Waals surface area contributed by atoms with Gasteiger partial charge in [0.05, 0.1) is 79.5 Å². The van der Waals surface area contributed by atoms with E-state index < -0.39 is 40.2 Å². The highest BCUT2D eigenvalue weighted by Crippen LogP contribution is 2.48. The second-order valence-electron chi connectivity index (χ2n) is 15.3.